The van der Waals surface area contributed by atoms with Gasteiger partial charge in [-0.05, 0) is 0 Å². The molecule has 0 spiro atoms. The molecule has 0 saturated heterocycles. The molecule has 0 N–H and O–H groups in total. The molecular formula is C30H33Cl2OSiZr. The van der Waals surface area contributed by atoms with E-state index >= 15 is 0 Å². The predicted octanol–water partition coefficient (Wildman–Crippen LogP) is 1.83. The van der Waals surface area contributed by atoms with Crippen molar-refractivity contribution in [2.45, 2.75) is 49.5 Å². The van der Waals surface area contributed by atoms with E-state index in [1.54, 1.807) is 14.3 Å². The molecule has 0 aromatic heterocycles. The van der Waals surface area contributed by atoms with Crippen LogP contribution in [0.1, 0.15) is 57.6 Å². The van der Waals surface area contributed by atoms with E-state index in [2.05, 4.69) is 106 Å². The molecule has 1 nitrogen and oxygen atoms in total. The van der Waals surface area contributed by atoms with Gasteiger partial charge in [-0.2, -0.15) is 0 Å². The van der Waals surface area contributed by atoms with Gasteiger partial charge in [0.25, 0.3) is 0 Å². The molecule has 0 heterocycles. The minimum absolute atomic E-state index is 0. The Hall–Kier alpha value is -1.09. The summed E-state index contributed by atoms with van der Waals surface area (Å²) in [6, 6.07) is 25.2. The van der Waals surface area contributed by atoms with Crippen molar-refractivity contribution in [3.63, 3.8) is 0 Å². The van der Waals surface area contributed by atoms with Gasteiger partial charge in [-0.3, -0.25) is 0 Å². The van der Waals surface area contributed by atoms with Crippen LogP contribution in [-0.2, 0) is 27.2 Å². The van der Waals surface area contributed by atoms with Crippen LogP contribution < -0.4 is 24.8 Å². The topological polar surface area (TPSA) is 9.23 Å². The maximum absolute atomic E-state index is 6.23. The molecule has 35 heavy (non-hydrogen) atoms. The Morgan fingerprint density at radius 2 is 1.37 bits per heavy atom. The number of benzene rings is 3. The predicted molar refractivity (Wildman–Crippen MR) is 140 cm³/mol. The van der Waals surface area contributed by atoms with Crippen LogP contribution in [0.4, 0.5) is 0 Å². The van der Waals surface area contributed by atoms with Gasteiger partial charge in [-0.1, -0.05) is 0 Å². The Balaban J connectivity index is 0.00000171. The van der Waals surface area contributed by atoms with E-state index in [-0.39, 0.29) is 24.8 Å². The largest absolute Gasteiger partial charge is 1.00 e. The molecule has 5 rings (SSSR count). The first-order valence-electron chi connectivity index (χ1n) is 12.1. The molecule has 0 bridgehead atoms. The van der Waals surface area contributed by atoms with Crippen LogP contribution in [0.25, 0.3) is 16.7 Å². The standard InChI is InChI=1S/C27H27OSi.C3H6.2ClH.Zr/c1-29(2,3)28-16-15-20-18-27(23-12-7-6-11-22(20)23)25-14-8-13-24-21-10-5-4-9-19(21)17-26(24)25;1-3-2;;;/h4-14,17-18,27H,15-16H2,1-3H3;1-2H3;2*1H;/q;;;;+2/p-2. The van der Waals surface area contributed by atoms with Gasteiger partial charge in [0.2, 0.25) is 0 Å². The SMILES string of the molecule is C[C](C)=[Zr+2][CH]1c2ccccc2-c2cccc(C3C=C(CCO[Si](C)(C)C)c4ccccc43)c21.[Cl-].[Cl-]. The van der Waals surface area contributed by atoms with Crippen molar-refractivity contribution in [3.8, 4) is 11.1 Å². The van der Waals surface area contributed by atoms with Crippen LogP contribution in [0.2, 0.25) is 19.6 Å². The van der Waals surface area contributed by atoms with Crippen LogP contribution >= 0.6 is 0 Å². The van der Waals surface area contributed by atoms with E-state index in [0.717, 1.165) is 13.0 Å². The van der Waals surface area contributed by atoms with Gasteiger partial charge in [-0.15, -0.1) is 0 Å². The molecule has 181 valence electrons. The van der Waals surface area contributed by atoms with Gasteiger partial charge in [0.15, 0.2) is 0 Å². The van der Waals surface area contributed by atoms with Crippen LogP contribution in [0, 0.1) is 0 Å². The maximum Gasteiger partial charge on any atom is -1.00 e. The molecule has 3 aromatic rings. The first-order valence-corrected chi connectivity index (χ1v) is 18.1. The summed E-state index contributed by atoms with van der Waals surface area (Å²) in [6.45, 7) is 12.3. The average molecular weight is 600 g/mol. The molecule has 2 unspecified atom stereocenters. The summed E-state index contributed by atoms with van der Waals surface area (Å²) in [4.78, 5) is 0. The molecule has 2 aliphatic carbocycles. The molecule has 2 atom stereocenters. The van der Waals surface area contributed by atoms with E-state index < -0.39 is 31.1 Å². The van der Waals surface area contributed by atoms with Crippen molar-refractivity contribution >= 4 is 17.1 Å². The molecule has 3 aromatic carbocycles. The minimum Gasteiger partial charge on any atom is -1.00 e. The summed E-state index contributed by atoms with van der Waals surface area (Å²) >= 11 is -0.714. The number of hydrogen-bond donors (Lipinski definition) is 0. The Morgan fingerprint density at radius 3 is 2.06 bits per heavy atom. The first kappa shape index (κ1) is 28.5. The molecule has 2 aliphatic rings. The van der Waals surface area contributed by atoms with Crippen LogP contribution in [-0.4, -0.2) is 18.1 Å². The fourth-order valence-electron chi connectivity index (χ4n) is 5.38. The van der Waals surface area contributed by atoms with Gasteiger partial charge >= 0.3 is 212 Å². The molecule has 0 radical (unpaired) electrons. The van der Waals surface area contributed by atoms with Crippen molar-refractivity contribution in [1.29, 1.82) is 0 Å². The zero-order valence-electron chi connectivity index (χ0n) is 21.2. The second kappa shape index (κ2) is 11.5. The van der Waals surface area contributed by atoms with Gasteiger partial charge in [0.05, 0.1) is 0 Å². The molecule has 5 heteroatoms. The van der Waals surface area contributed by atoms with Crippen molar-refractivity contribution in [3.05, 3.63) is 101 Å². The number of fused-ring (bicyclic) bond motifs is 4. The monoisotopic (exact) mass is 597 g/mol. The summed E-state index contributed by atoms with van der Waals surface area (Å²) in [6.07, 6.45) is 3.54. The fourth-order valence-corrected chi connectivity index (χ4v) is 9.66. The van der Waals surface area contributed by atoms with Crippen LogP contribution in [0.15, 0.2) is 72.8 Å². The quantitative estimate of drug-likeness (QED) is 0.393. The van der Waals surface area contributed by atoms with E-state index in [4.69, 9.17) is 4.43 Å². The first-order chi connectivity index (χ1) is 15.8. The zero-order valence-corrected chi connectivity index (χ0v) is 26.1. The summed E-state index contributed by atoms with van der Waals surface area (Å²) < 4.78 is 8.50. The minimum atomic E-state index is -1.50. The Bertz CT molecular complexity index is 1270. The van der Waals surface area contributed by atoms with E-state index in [0.29, 0.717) is 9.54 Å². The summed E-state index contributed by atoms with van der Waals surface area (Å²) in [7, 11) is -1.50. The van der Waals surface area contributed by atoms with Gasteiger partial charge < -0.3 is 24.8 Å². The van der Waals surface area contributed by atoms with Gasteiger partial charge in [0.1, 0.15) is 0 Å². The van der Waals surface area contributed by atoms with Crippen LogP contribution in [0.5, 0.6) is 0 Å². The molecule has 0 aliphatic heterocycles. The smallest absolute Gasteiger partial charge is 1.00 e. The zero-order chi connectivity index (χ0) is 23.2. The van der Waals surface area contributed by atoms with Crippen molar-refractivity contribution < 1.29 is 52.0 Å². The number of halogens is 2. The third-order valence-corrected chi connectivity index (χ3v) is 11.3. The maximum atomic E-state index is 6.23. The second-order valence-electron chi connectivity index (χ2n) is 10.4. The van der Waals surface area contributed by atoms with E-state index in [1.807, 2.05) is 0 Å². The van der Waals surface area contributed by atoms with Crippen molar-refractivity contribution in [2.75, 3.05) is 6.61 Å². The molecule has 0 fully saturated rings. The third-order valence-electron chi connectivity index (χ3n) is 6.67. The molecular weight excluding hydrogens is 567 g/mol. The summed E-state index contributed by atoms with van der Waals surface area (Å²) in [5.41, 5.74) is 12.0. The Morgan fingerprint density at radius 1 is 0.771 bits per heavy atom. The number of hydrogen-bond acceptors (Lipinski definition) is 1. The Labute approximate surface area is 235 Å². The van der Waals surface area contributed by atoms with Crippen molar-refractivity contribution in [1.82, 2.24) is 0 Å². The normalized spacial score (nSPS) is 17.2. The average Bonchev–Trinajstić information content (AvgIpc) is 3.29. The van der Waals surface area contributed by atoms with Crippen LogP contribution in [0.3, 0.4) is 0 Å². The molecule has 0 saturated carbocycles. The number of rotatable bonds is 6. The van der Waals surface area contributed by atoms with Gasteiger partial charge in [0, 0.05) is 0 Å². The molecule has 0 amide bonds. The van der Waals surface area contributed by atoms with Gasteiger partial charge in [-0.25, -0.2) is 0 Å². The van der Waals surface area contributed by atoms with E-state index in [1.165, 1.54) is 33.4 Å². The third kappa shape index (κ3) is 5.76. The Kier molecular flexibility index (Phi) is 9.38. The van der Waals surface area contributed by atoms with E-state index in [9.17, 15) is 0 Å². The summed E-state index contributed by atoms with van der Waals surface area (Å²) in [5.74, 6) is 0.339. The fraction of sp³-hybridized carbons (Fsp3) is 0.300. The van der Waals surface area contributed by atoms with Crippen molar-refractivity contribution in [2.24, 2.45) is 0 Å². The number of allylic oxidation sites excluding steroid dienone is 1. The summed E-state index contributed by atoms with van der Waals surface area (Å²) in [5, 5.41) is 0. The second-order valence-corrected chi connectivity index (χ2v) is 19.5.